The molecule has 17 nitrogen and oxygen atoms in total. The van der Waals surface area contributed by atoms with Crippen molar-refractivity contribution >= 4 is 39.5 Å². The number of carbonyl (C=O) groups is 4. The third-order valence-corrected chi connectivity index (χ3v) is 20.4. The van der Waals surface area contributed by atoms with E-state index in [2.05, 4.69) is 72.8 Å². The van der Waals surface area contributed by atoms with Crippen molar-refractivity contribution in [1.82, 2.24) is 0 Å². The normalized spacial score (nSPS) is 14.7. The SMILES string of the molecule is CCCCCC/C=C\C=C/CCCCCCCC(=O)O[C@H](COC(=O)CCCCCCCCC(C)CC)COP(=O)(O)OC[C@H](O)COP(=O)(O)OC[C@@H](COC(=O)CCCCCCCCCCC(C)CC)OC(=O)CCCCCCCCCCCCCCCCCCCCC(C)C. The Labute approximate surface area is 599 Å². The summed E-state index contributed by atoms with van der Waals surface area (Å²) in [5, 5.41) is 10.6. The van der Waals surface area contributed by atoms with Crippen LogP contribution in [0.1, 0.15) is 382 Å². The van der Waals surface area contributed by atoms with Gasteiger partial charge in [0.25, 0.3) is 0 Å². The molecule has 0 heterocycles. The quantitative estimate of drug-likeness (QED) is 0.0169. The number of phosphoric acid groups is 2. The monoisotopic (exact) mass is 1430 g/mol. The highest BCUT2D eigenvalue weighted by Crippen LogP contribution is 2.45. The third kappa shape index (κ3) is 69.3. The molecular formula is C79H150O17P2. The standard InChI is InChI=1S/C79H150O17P2/c1-8-11-12-13-14-15-16-17-22-26-29-32-39-48-55-63-79(84)96-75(67-90-77(82)61-54-47-42-41-45-52-59-72(7)10-3)69-94-98(87,88)92-65-73(80)64-91-97(85,86)93-68-74(66-89-76(81)60-53-46-38-35-34-37-44-51-58-71(6)9-2)95-78(83)62-56-49-40-33-30-27-24-21-19-18-20-23-25-28-31-36-43-50-57-70(4)5/h15-17,22,70-75,80H,8-14,18-21,23-69H2,1-7H3,(H,85,86)(H,87,88)/b16-15-,22-17-/t71?,72?,73-,74-,75-/m1/s1. The van der Waals surface area contributed by atoms with Crippen LogP contribution in [0.15, 0.2) is 24.3 Å². The van der Waals surface area contributed by atoms with Gasteiger partial charge in [-0.25, -0.2) is 9.13 Å². The predicted octanol–water partition coefficient (Wildman–Crippen LogP) is 22.9. The molecule has 0 saturated heterocycles. The molecule has 0 aromatic heterocycles. The lowest BCUT2D eigenvalue weighted by Crippen LogP contribution is -2.30. The first-order chi connectivity index (χ1) is 47.3. The summed E-state index contributed by atoms with van der Waals surface area (Å²) in [7, 11) is -9.93. The summed E-state index contributed by atoms with van der Waals surface area (Å²) in [6.07, 6.45) is 59.1. The molecule has 7 atom stereocenters. The molecule has 4 unspecified atom stereocenters. The van der Waals surface area contributed by atoms with Crippen LogP contribution >= 0.6 is 15.6 Å². The second kappa shape index (κ2) is 68.9. The Bertz CT molecular complexity index is 2000. The van der Waals surface area contributed by atoms with Crippen molar-refractivity contribution in [3.05, 3.63) is 24.3 Å². The highest BCUT2D eigenvalue weighted by molar-refractivity contribution is 7.47. The first-order valence-electron chi connectivity index (χ1n) is 40.2. The Hall–Kier alpha value is -2.46. The number of aliphatic hydroxyl groups is 1. The number of hydrogen-bond donors (Lipinski definition) is 3. The van der Waals surface area contributed by atoms with Gasteiger partial charge in [-0.2, -0.15) is 0 Å². The first-order valence-corrected chi connectivity index (χ1v) is 43.2. The molecule has 0 radical (unpaired) electrons. The summed E-state index contributed by atoms with van der Waals surface area (Å²) in [4.78, 5) is 72.9. The Balaban J connectivity index is 5.24. The van der Waals surface area contributed by atoms with Crippen molar-refractivity contribution < 1.29 is 80.2 Å². The zero-order chi connectivity index (χ0) is 72.3. The van der Waals surface area contributed by atoms with Gasteiger partial charge in [0.1, 0.15) is 19.3 Å². The summed E-state index contributed by atoms with van der Waals surface area (Å²) in [5.74, 6) is 0.175. The van der Waals surface area contributed by atoms with Gasteiger partial charge in [-0.15, -0.1) is 0 Å². The van der Waals surface area contributed by atoms with Crippen LogP contribution in [0.4, 0.5) is 0 Å². The lowest BCUT2D eigenvalue weighted by molar-refractivity contribution is -0.161. The average Bonchev–Trinajstić information content (AvgIpc) is 0.976. The van der Waals surface area contributed by atoms with Crippen LogP contribution in [0.3, 0.4) is 0 Å². The Morgan fingerprint density at radius 2 is 0.602 bits per heavy atom. The molecule has 0 aliphatic carbocycles. The number of hydrogen-bond acceptors (Lipinski definition) is 15. The van der Waals surface area contributed by atoms with Gasteiger partial charge in [-0.1, -0.05) is 330 Å². The highest BCUT2D eigenvalue weighted by atomic mass is 31.2. The molecule has 0 aromatic carbocycles. The molecule has 0 amide bonds. The van der Waals surface area contributed by atoms with E-state index in [0.717, 1.165) is 127 Å². The first kappa shape index (κ1) is 95.5. The van der Waals surface area contributed by atoms with E-state index in [4.69, 9.17) is 37.0 Å². The number of esters is 4. The van der Waals surface area contributed by atoms with Crippen LogP contribution in [0, 0.1) is 17.8 Å². The number of aliphatic hydroxyl groups excluding tert-OH is 1. The van der Waals surface area contributed by atoms with Gasteiger partial charge in [-0.3, -0.25) is 37.3 Å². The van der Waals surface area contributed by atoms with E-state index in [1.54, 1.807) is 0 Å². The fourth-order valence-electron chi connectivity index (χ4n) is 11.5. The van der Waals surface area contributed by atoms with E-state index in [1.165, 1.54) is 173 Å². The fourth-order valence-corrected chi connectivity index (χ4v) is 13.1. The molecule has 0 saturated carbocycles. The van der Waals surface area contributed by atoms with Crippen molar-refractivity contribution in [1.29, 1.82) is 0 Å². The maximum absolute atomic E-state index is 13.1. The van der Waals surface area contributed by atoms with Gasteiger partial charge in [0.2, 0.25) is 0 Å². The summed E-state index contributed by atoms with van der Waals surface area (Å²) in [6, 6.07) is 0. The van der Waals surface area contributed by atoms with E-state index >= 15 is 0 Å². The van der Waals surface area contributed by atoms with E-state index in [0.29, 0.717) is 25.7 Å². The van der Waals surface area contributed by atoms with Crippen LogP contribution in [-0.4, -0.2) is 96.7 Å². The van der Waals surface area contributed by atoms with Crippen molar-refractivity contribution in [3.8, 4) is 0 Å². The van der Waals surface area contributed by atoms with Crippen molar-refractivity contribution in [2.45, 2.75) is 401 Å². The Morgan fingerprint density at radius 1 is 0.337 bits per heavy atom. The van der Waals surface area contributed by atoms with Gasteiger partial charge in [0.05, 0.1) is 26.4 Å². The number of unbranched alkanes of at least 4 members (excludes halogenated alkanes) is 38. The van der Waals surface area contributed by atoms with Gasteiger partial charge < -0.3 is 33.8 Å². The molecule has 19 heteroatoms. The molecular weight excluding hydrogens is 1280 g/mol. The number of allylic oxidation sites excluding steroid dienone is 4. The minimum absolute atomic E-state index is 0.0839. The maximum atomic E-state index is 13.1. The zero-order valence-electron chi connectivity index (χ0n) is 63.7. The Morgan fingerprint density at radius 3 is 0.908 bits per heavy atom. The van der Waals surface area contributed by atoms with Crippen LogP contribution < -0.4 is 0 Å². The number of carbonyl (C=O) groups excluding carboxylic acids is 4. The molecule has 0 rings (SSSR count). The van der Waals surface area contributed by atoms with Gasteiger partial charge >= 0.3 is 39.5 Å². The molecule has 3 N–H and O–H groups in total. The molecule has 0 aromatic rings. The second-order valence-corrected chi connectivity index (χ2v) is 31.6. The van der Waals surface area contributed by atoms with E-state index in [1.807, 2.05) is 0 Å². The van der Waals surface area contributed by atoms with E-state index in [9.17, 15) is 43.2 Å². The molecule has 0 aliphatic heterocycles. The topological polar surface area (TPSA) is 237 Å². The summed E-state index contributed by atoms with van der Waals surface area (Å²) >= 11 is 0. The lowest BCUT2D eigenvalue weighted by Gasteiger charge is -2.21. The smallest absolute Gasteiger partial charge is 0.462 e. The predicted molar refractivity (Wildman–Crippen MR) is 400 cm³/mol. The largest absolute Gasteiger partial charge is 0.472 e. The molecule has 98 heavy (non-hydrogen) atoms. The van der Waals surface area contributed by atoms with E-state index in [-0.39, 0.29) is 25.7 Å². The van der Waals surface area contributed by atoms with E-state index < -0.39 is 97.5 Å². The Kier molecular flexibility index (Phi) is 67.2. The zero-order valence-corrected chi connectivity index (χ0v) is 65.5. The average molecular weight is 1430 g/mol. The summed E-state index contributed by atoms with van der Waals surface area (Å²) in [6.45, 7) is 11.8. The van der Waals surface area contributed by atoms with Crippen molar-refractivity contribution in [2.75, 3.05) is 39.6 Å². The maximum Gasteiger partial charge on any atom is 0.472 e. The summed E-state index contributed by atoms with van der Waals surface area (Å²) < 4.78 is 68.6. The van der Waals surface area contributed by atoms with Crippen molar-refractivity contribution in [2.24, 2.45) is 17.8 Å². The summed E-state index contributed by atoms with van der Waals surface area (Å²) in [5.41, 5.74) is 0. The highest BCUT2D eigenvalue weighted by Gasteiger charge is 2.30. The number of ether oxygens (including phenoxy) is 4. The molecule has 578 valence electrons. The minimum atomic E-state index is -4.97. The van der Waals surface area contributed by atoms with Gasteiger partial charge in [0.15, 0.2) is 12.2 Å². The van der Waals surface area contributed by atoms with Crippen molar-refractivity contribution in [3.63, 3.8) is 0 Å². The van der Waals surface area contributed by atoms with Gasteiger partial charge in [-0.05, 0) is 69.1 Å². The molecule has 0 fully saturated rings. The van der Waals surface area contributed by atoms with Gasteiger partial charge in [0, 0.05) is 25.7 Å². The lowest BCUT2D eigenvalue weighted by atomic mass is 9.99. The number of rotatable bonds is 75. The minimum Gasteiger partial charge on any atom is -0.462 e. The van der Waals surface area contributed by atoms with Crippen LogP contribution in [0.5, 0.6) is 0 Å². The number of phosphoric ester groups is 2. The molecule has 0 bridgehead atoms. The molecule has 0 aliphatic rings. The van der Waals surface area contributed by atoms with Crippen LogP contribution in [0.2, 0.25) is 0 Å². The fraction of sp³-hybridized carbons (Fsp3) is 0.899. The van der Waals surface area contributed by atoms with Crippen LogP contribution in [0.25, 0.3) is 0 Å². The molecule has 0 spiro atoms. The van der Waals surface area contributed by atoms with Crippen LogP contribution in [-0.2, 0) is 65.4 Å². The second-order valence-electron chi connectivity index (χ2n) is 28.7. The third-order valence-electron chi connectivity index (χ3n) is 18.5.